The lowest BCUT2D eigenvalue weighted by atomic mass is 10.1. The van der Waals surface area contributed by atoms with E-state index < -0.39 is 17.8 Å². The average Bonchev–Trinajstić information content (AvgIpc) is 2.48. The van der Waals surface area contributed by atoms with Gasteiger partial charge < -0.3 is 15.5 Å². The molecule has 1 aliphatic rings. The van der Waals surface area contributed by atoms with Crippen LogP contribution in [0.3, 0.4) is 0 Å². The molecule has 0 saturated carbocycles. The lowest BCUT2D eigenvalue weighted by molar-refractivity contribution is -0.125. The molecule has 0 spiro atoms. The maximum absolute atomic E-state index is 14.0. The number of carbonyl (C=O) groups excluding carboxylic acids is 2. The summed E-state index contributed by atoms with van der Waals surface area (Å²) in [5.41, 5.74) is -0.0322. The molecule has 2 amide bonds. The Labute approximate surface area is 124 Å². The van der Waals surface area contributed by atoms with Crippen LogP contribution in [0.2, 0.25) is 0 Å². The number of benzene rings is 1. The molecule has 1 atom stereocenters. The summed E-state index contributed by atoms with van der Waals surface area (Å²) in [5.74, 6) is -1.34. The number of rotatable bonds is 2. The van der Waals surface area contributed by atoms with Gasteiger partial charge in [0.1, 0.15) is 11.9 Å². The third-order valence-electron chi connectivity index (χ3n) is 3.24. The summed E-state index contributed by atoms with van der Waals surface area (Å²) >= 11 is 3.06. The third-order valence-corrected chi connectivity index (χ3v) is 3.85. The number of hydrogen-bond acceptors (Lipinski definition) is 3. The van der Waals surface area contributed by atoms with Crippen molar-refractivity contribution >= 4 is 27.7 Å². The van der Waals surface area contributed by atoms with Crippen molar-refractivity contribution < 1.29 is 14.0 Å². The van der Waals surface area contributed by atoms with Crippen LogP contribution in [-0.4, -0.2) is 49.4 Å². The smallest absolute Gasteiger partial charge is 0.257 e. The number of halogens is 2. The molecule has 1 aromatic carbocycles. The van der Waals surface area contributed by atoms with Crippen molar-refractivity contribution in [2.75, 3.05) is 26.7 Å². The summed E-state index contributed by atoms with van der Waals surface area (Å²) in [6.07, 6.45) is 0. The molecular weight excluding hydrogens is 329 g/mol. The maximum Gasteiger partial charge on any atom is 0.257 e. The van der Waals surface area contributed by atoms with E-state index in [0.717, 1.165) is 0 Å². The van der Waals surface area contributed by atoms with Crippen molar-refractivity contribution in [3.63, 3.8) is 0 Å². The van der Waals surface area contributed by atoms with Gasteiger partial charge in [-0.2, -0.15) is 0 Å². The van der Waals surface area contributed by atoms with Crippen LogP contribution in [0.1, 0.15) is 10.4 Å². The molecule has 2 N–H and O–H groups in total. The molecule has 1 aromatic rings. The molecule has 108 valence electrons. The van der Waals surface area contributed by atoms with Gasteiger partial charge in [0.2, 0.25) is 5.91 Å². The van der Waals surface area contributed by atoms with Crippen LogP contribution in [0.4, 0.5) is 4.39 Å². The van der Waals surface area contributed by atoms with Crippen molar-refractivity contribution in [2.24, 2.45) is 0 Å². The lowest BCUT2D eigenvalue weighted by Gasteiger charge is -2.35. The zero-order valence-electron chi connectivity index (χ0n) is 11.0. The predicted octanol–water partition coefficient (Wildman–Crippen LogP) is 0.748. The Hall–Kier alpha value is -1.47. The summed E-state index contributed by atoms with van der Waals surface area (Å²) in [5, 5.41) is 5.58. The number of amides is 2. The topological polar surface area (TPSA) is 61.4 Å². The normalized spacial score (nSPS) is 18.8. The summed E-state index contributed by atoms with van der Waals surface area (Å²) in [4.78, 5) is 25.7. The van der Waals surface area contributed by atoms with Crippen LogP contribution in [0.15, 0.2) is 22.7 Å². The van der Waals surface area contributed by atoms with Crippen molar-refractivity contribution in [1.29, 1.82) is 0 Å². The van der Waals surface area contributed by atoms with Gasteiger partial charge in [-0.25, -0.2) is 4.39 Å². The predicted molar refractivity (Wildman–Crippen MR) is 75.9 cm³/mol. The molecule has 0 aliphatic carbocycles. The Morgan fingerprint density at radius 2 is 2.25 bits per heavy atom. The molecular formula is C13H15BrFN3O2. The minimum Gasteiger partial charge on any atom is -0.357 e. The van der Waals surface area contributed by atoms with E-state index in [9.17, 15) is 14.0 Å². The number of piperazine rings is 1. The first-order valence-electron chi connectivity index (χ1n) is 6.23. The first kappa shape index (κ1) is 14.9. The molecule has 1 unspecified atom stereocenters. The summed E-state index contributed by atoms with van der Waals surface area (Å²) in [6, 6.07) is 3.92. The molecule has 20 heavy (non-hydrogen) atoms. The molecule has 0 aromatic heterocycles. The van der Waals surface area contributed by atoms with Crippen LogP contribution in [0, 0.1) is 5.82 Å². The standard InChI is InChI=1S/C13H15BrFN3O2/c1-16-12(19)10-7-17-5-6-18(10)13(20)8-3-2-4-9(14)11(8)15/h2-4,10,17H,5-7H2,1H3,(H,16,19). The highest BCUT2D eigenvalue weighted by atomic mass is 79.9. The van der Waals surface area contributed by atoms with E-state index in [0.29, 0.717) is 19.6 Å². The monoisotopic (exact) mass is 343 g/mol. The van der Waals surface area contributed by atoms with Gasteiger partial charge in [0.25, 0.3) is 5.91 Å². The second kappa shape index (κ2) is 6.32. The number of nitrogens with zero attached hydrogens (tertiary/aromatic N) is 1. The summed E-state index contributed by atoms with van der Waals surface area (Å²) in [7, 11) is 1.51. The zero-order chi connectivity index (χ0) is 14.7. The van der Waals surface area contributed by atoms with Crippen LogP contribution in [0.5, 0.6) is 0 Å². The van der Waals surface area contributed by atoms with E-state index in [1.165, 1.54) is 24.1 Å². The van der Waals surface area contributed by atoms with Gasteiger partial charge in [-0.3, -0.25) is 9.59 Å². The molecule has 1 fully saturated rings. The van der Waals surface area contributed by atoms with Crippen molar-refractivity contribution in [3.8, 4) is 0 Å². The second-order valence-electron chi connectivity index (χ2n) is 4.43. The van der Waals surface area contributed by atoms with Gasteiger partial charge in [-0.05, 0) is 28.1 Å². The molecule has 7 heteroatoms. The first-order chi connectivity index (χ1) is 9.56. The Morgan fingerprint density at radius 1 is 1.50 bits per heavy atom. The van der Waals surface area contributed by atoms with Gasteiger partial charge in [0, 0.05) is 26.7 Å². The zero-order valence-corrected chi connectivity index (χ0v) is 12.5. The van der Waals surface area contributed by atoms with E-state index >= 15 is 0 Å². The van der Waals surface area contributed by atoms with Gasteiger partial charge >= 0.3 is 0 Å². The van der Waals surface area contributed by atoms with Crippen molar-refractivity contribution in [1.82, 2.24) is 15.5 Å². The van der Waals surface area contributed by atoms with Gasteiger partial charge in [0.05, 0.1) is 10.0 Å². The van der Waals surface area contributed by atoms with Gasteiger partial charge in [-0.1, -0.05) is 6.07 Å². The molecule has 2 rings (SSSR count). The Kier molecular flexibility index (Phi) is 4.72. The minimum absolute atomic E-state index is 0.0322. The van der Waals surface area contributed by atoms with Crippen molar-refractivity contribution in [2.45, 2.75) is 6.04 Å². The first-order valence-corrected chi connectivity index (χ1v) is 7.03. The minimum atomic E-state index is -0.625. The molecule has 1 aliphatic heterocycles. The van der Waals surface area contributed by atoms with E-state index in [1.54, 1.807) is 6.07 Å². The summed E-state index contributed by atoms with van der Waals surface area (Å²) in [6.45, 7) is 1.30. The lowest BCUT2D eigenvalue weighted by Crippen LogP contribution is -2.59. The van der Waals surface area contributed by atoms with Crippen LogP contribution in [-0.2, 0) is 4.79 Å². The van der Waals surface area contributed by atoms with Crippen molar-refractivity contribution in [3.05, 3.63) is 34.1 Å². The van der Waals surface area contributed by atoms with Gasteiger partial charge in [-0.15, -0.1) is 0 Å². The molecule has 1 saturated heterocycles. The highest BCUT2D eigenvalue weighted by molar-refractivity contribution is 9.10. The molecule has 5 nitrogen and oxygen atoms in total. The number of hydrogen-bond donors (Lipinski definition) is 2. The molecule has 0 bridgehead atoms. The van der Waals surface area contributed by atoms with E-state index in [2.05, 4.69) is 26.6 Å². The van der Waals surface area contributed by atoms with E-state index in [1.807, 2.05) is 0 Å². The second-order valence-corrected chi connectivity index (χ2v) is 5.29. The Balaban J connectivity index is 2.30. The largest absolute Gasteiger partial charge is 0.357 e. The molecule has 0 radical (unpaired) electrons. The molecule has 1 heterocycles. The average molecular weight is 344 g/mol. The third kappa shape index (κ3) is 2.83. The van der Waals surface area contributed by atoms with Crippen LogP contribution in [0.25, 0.3) is 0 Å². The highest BCUT2D eigenvalue weighted by Gasteiger charge is 2.33. The Morgan fingerprint density at radius 3 is 2.95 bits per heavy atom. The number of likely N-dealkylation sites (N-methyl/N-ethyl adjacent to an activating group) is 1. The fraction of sp³-hybridized carbons (Fsp3) is 0.385. The Bertz CT molecular complexity index is 538. The quantitative estimate of drug-likeness (QED) is 0.832. The summed E-state index contributed by atoms with van der Waals surface area (Å²) < 4.78 is 14.2. The fourth-order valence-electron chi connectivity index (χ4n) is 2.17. The van der Waals surface area contributed by atoms with E-state index in [-0.39, 0.29) is 15.9 Å². The number of carbonyl (C=O) groups is 2. The number of nitrogens with one attached hydrogen (secondary N) is 2. The fourth-order valence-corrected chi connectivity index (χ4v) is 2.54. The van der Waals surface area contributed by atoms with Gasteiger partial charge in [0.15, 0.2) is 0 Å². The maximum atomic E-state index is 14.0. The van der Waals surface area contributed by atoms with Crippen LogP contribution < -0.4 is 10.6 Å². The SMILES string of the molecule is CNC(=O)C1CNCCN1C(=O)c1cccc(Br)c1F. The van der Waals surface area contributed by atoms with E-state index in [4.69, 9.17) is 0 Å². The highest BCUT2D eigenvalue weighted by Crippen LogP contribution is 2.21. The van der Waals surface area contributed by atoms with Crippen LogP contribution >= 0.6 is 15.9 Å².